The van der Waals surface area contributed by atoms with E-state index in [0.29, 0.717) is 12.8 Å². The number of carbonyl (C=O) groups is 3. The minimum absolute atomic E-state index is 0.135. The Hall–Kier alpha value is -2.06. The Morgan fingerprint density at radius 3 is 2.21 bits per heavy atom. The fourth-order valence-corrected chi connectivity index (χ4v) is 3.17. The molecule has 0 aliphatic rings. The highest BCUT2D eigenvalue weighted by molar-refractivity contribution is 7.98. The summed E-state index contributed by atoms with van der Waals surface area (Å²) in [5, 5.41) is 14.7. The van der Waals surface area contributed by atoms with Crippen LogP contribution in [0.25, 0.3) is 0 Å². The van der Waals surface area contributed by atoms with Gasteiger partial charge in [0, 0.05) is 6.42 Å². The van der Waals surface area contributed by atoms with Gasteiger partial charge in [0.25, 0.3) is 0 Å². The SMILES string of the molecule is CSCC[C@H](N)C(=O)N[C@H](CC(C)C)C(=O)N[C@@H](Cc1ccccc1)C(=O)O. The van der Waals surface area contributed by atoms with Gasteiger partial charge < -0.3 is 21.5 Å². The Kier molecular flexibility index (Phi) is 10.6. The molecular formula is C20H31N3O4S. The average molecular weight is 410 g/mol. The molecule has 156 valence electrons. The molecule has 7 nitrogen and oxygen atoms in total. The van der Waals surface area contributed by atoms with Gasteiger partial charge in [0.05, 0.1) is 6.04 Å². The lowest BCUT2D eigenvalue weighted by atomic mass is 10.0. The van der Waals surface area contributed by atoms with E-state index in [4.69, 9.17) is 5.73 Å². The Labute approximate surface area is 170 Å². The van der Waals surface area contributed by atoms with Gasteiger partial charge in [0.15, 0.2) is 0 Å². The second-order valence-corrected chi connectivity index (χ2v) is 8.15. The largest absolute Gasteiger partial charge is 0.480 e. The lowest BCUT2D eigenvalue weighted by Gasteiger charge is -2.24. The molecular weight excluding hydrogens is 378 g/mol. The first-order valence-electron chi connectivity index (χ1n) is 9.36. The zero-order valence-corrected chi connectivity index (χ0v) is 17.5. The molecule has 2 amide bonds. The van der Waals surface area contributed by atoms with Gasteiger partial charge in [-0.1, -0.05) is 44.2 Å². The zero-order valence-electron chi connectivity index (χ0n) is 16.7. The van der Waals surface area contributed by atoms with E-state index in [0.717, 1.165) is 11.3 Å². The van der Waals surface area contributed by atoms with Crippen LogP contribution in [0.4, 0.5) is 0 Å². The number of rotatable bonds is 12. The Morgan fingerprint density at radius 1 is 1.07 bits per heavy atom. The molecule has 0 bridgehead atoms. The average Bonchev–Trinajstić information content (AvgIpc) is 2.65. The van der Waals surface area contributed by atoms with Crippen molar-refractivity contribution in [3.8, 4) is 0 Å². The minimum Gasteiger partial charge on any atom is -0.480 e. The lowest BCUT2D eigenvalue weighted by Crippen LogP contribution is -2.55. The Balaban J connectivity index is 2.80. The number of carbonyl (C=O) groups excluding carboxylic acids is 2. The standard InChI is InChI=1S/C20H31N3O4S/c1-13(2)11-16(22-18(24)15(21)9-10-28-3)19(25)23-17(20(26)27)12-14-7-5-4-6-8-14/h4-8,13,15-17H,9-12,21H2,1-3H3,(H,22,24)(H,23,25)(H,26,27)/t15-,16+,17-/m0/s1. The summed E-state index contributed by atoms with van der Waals surface area (Å²) in [6.45, 7) is 3.86. The third-order valence-corrected chi connectivity index (χ3v) is 4.85. The van der Waals surface area contributed by atoms with Crippen molar-refractivity contribution >= 4 is 29.5 Å². The van der Waals surface area contributed by atoms with E-state index in [1.165, 1.54) is 0 Å². The van der Waals surface area contributed by atoms with Gasteiger partial charge in [-0.2, -0.15) is 11.8 Å². The topological polar surface area (TPSA) is 122 Å². The fraction of sp³-hybridized carbons (Fsp3) is 0.550. The number of hydrogen-bond acceptors (Lipinski definition) is 5. The predicted molar refractivity (Wildman–Crippen MR) is 112 cm³/mol. The maximum atomic E-state index is 12.7. The molecule has 0 fully saturated rings. The van der Waals surface area contributed by atoms with Gasteiger partial charge in [-0.3, -0.25) is 9.59 Å². The van der Waals surface area contributed by atoms with Crippen LogP contribution in [0.15, 0.2) is 30.3 Å². The molecule has 1 aromatic carbocycles. The lowest BCUT2D eigenvalue weighted by molar-refractivity contribution is -0.142. The van der Waals surface area contributed by atoms with Crippen LogP contribution in [0.5, 0.6) is 0 Å². The maximum Gasteiger partial charge on any atom is 0.326 e. The Morgan fingerprint density at radius 2 is 1.68 bits per heavy atom. The maximum absolute atomic E-state index is 12.7. The molecule has 1 rings (SSSR count). The van der Waals surface area contributed by atoms with Crippen LogP contribution in [0, 0.1) is 5.92 Å². The molecule has 0 aromatic heterocycles. The third kappa shape index (κ3) is 8.75. The molecule has 0 radical (unpaired) electrons. The predicted octanol–water partition coefficient (Wildman–Crippen LogP) is 1.41. The quantitative estimate of drug-likeness (QED) is 0.414. The molecule has 0 heterocycles. The van der Waals surface area contributed by atoms with E-state index >= 15 is 0 Å². The van der Waals surface area contributed by atoms with Crippen molar-refractivity contribution in [2.75, 3.05) is 12.0 Å². The van der Waals surface area contributed by atoms with Crippen molar-refractivity contribution < 1.29 is 19.5 Å². The van der Waals surface area contributed by atoms with Crippen LogP contribution in [-0.4, -0.2) is 53.0 Å². The number of benzene rings is 1. The van der Waals surface area contributed by atoms with E-state index in [9.17, 15) is 19.5 Å². The van der Waals surface area contributed by atoms with Crippen LogP contribution in [-0.2, 0) is 20.8 Å². The van der Waals surface area contributed by atoms with E-state index in [2.05, 4.69) is 10.6 Å². The third-order valence-electron chi connectivity index (χ3n) is 4.21. The van der Waals surface area contributed by atoms with Gasteiger partial charge in [-0.05, 0) is 36.3 Å². The van der Waals surface area contributed by atoms with Crippen molar-refractivity contribution in [1.82, 2.24) is 10.6 Å². The zero-order chi connectivity index (χ0) is 21.1. The second kappa shape index (κ2) is 12.4. The summed E-state index contributed by atoms with van der Waals surface area (Å²) in [7, 11) is 0. The van der Waals surface area contributed by atoms with E-state index in [1.54, 1.807) is 23.9 Å². The van der Waals surface area contributed by atoms with Gasteiger partial charge in [-0.25, -0.2) is 4.79 Å². The molecule has 1 aromatic rings. The van der Waals surface area contributed by atoms with Crippen LogP contribution in [0.3, 0.4) is 0 Å². The van der Waals surface area contributed by atoms with E-state index in [1.807, 2.05) is 38.3 Å². The van der Waals surface area contributed by atoms with E-state index in [-0.39, 0.29) is 12.3 Å². The summed E-state index contributed by atoms with van der Waals surface area (Å²) in [4.78, 5) is 36.6. The summed E-state index contributed by atoms with van der Waals surface area (Å²) in [5.41, 5.74) is 6.69. The first kappa shape index (κ1) is 24.0. The van der Waals surface area contributed by atoms with Crippen LogP contribution < -0.4 is 16.4 Å². The molecule has 5 N–H and O–H groups in total. The minimum atomic E-state index is -1.12. The normalized spacial score (nSPS) is 14.2. The van der Waals surface area contributed by atoms with Crippen LogP contribution >= 0.6 is 11.8 Å². The number of carboxylic acid groups (broad SMARTS) is 1. The molecule has 0 unspecified atom stereocenters. The molecule has 8 heteroatoms. The van der Waals surface area contributed by atoms with Crippen molar-refractivity contribution in [1.29, 1.82) is 0 Å². The molecule has 28 heavy (non-hydrogen) atoms. The van der Waals surface area contributed by atoms with Gasteiger partial charge in [0.1, 0.15) is 12.1 Å². The smallest absolute Gasteiger partial charge is 0.326 e. The highest BCUT2D eigenvalue weighted by Gasteiger charge is 2.28. The van der Waals surface area contributed by atoms with Gasteiger partial charge >= 0.3 is 5.97 Å². The molecule has 0 aliphatic carbocycles. The molecule has 0 saturated carbocycles. The summed E-state index contributed by atoms with van der Waals surface area (Å²) in [5.74, 6) is -1.15. The monoisotopic (exact) mass is 409 g/mol. The summed E-state index contributed by atoms with van der Waals surface area (Å²) < 4.78 is 0. The number of thioether (sulfide) groups is 1. The highest BCUT2D eigenvalue weighted by atomic mass is 32.2. The van der Waals surface area contributed by atoms with Crippen LogP contribution in [0.1, 0.15) is 32.3 Å². The van der Waals surface area contributed by atoms with E-state index < -0.39 is 35.9 Å². The number of nitrogens with one attached hydrogen (secondary N) is 2. The second-order valence-electron chi connectivity index (χ2n) is 7.17. The van der Waals surface area contributed by atoms with Crippen molar-refractivity contribution in [3.63, 3.8) is 0 Å². The summed E-state index contributed by atoms with van der Waals surface area (Å²) in [6.07, 6.45) is 3.00. The number of aliphatic carboxylic acids is 1. The van der Waals surface area contributed by atoms with Crippen molar-refractivity contribution in [3.05, 3.63) is 35.9 Å². The number of amides is 2. The first-order valence-corrected chi connectivity index (χ1v) is 10.8. The summed E-state index contributed by atoms with van der Waals surface area (Å²) in [6, 6.07) is 6.47. The molecule has 0 spiro atoms. The summed E-state index contributed by atoms with van der Waals surface area (Å²) >= 11 is 1.59. The highest BCUT2D eigenvalue weighted by Crippen LogP contribution is 2.09. The molecule has 0 saturated heterocycles. The van der Waals surface area contributed by atoms with Crippen LogP contribution in [0.2, 0.25) is 0 Å². The fourth-order valence-electron chi connectivity index (χ4n) is 2.68. The number of carboxylic acids is 1. The molecule has 3 atom stereocenters. The van der Waals surface area contributed by atoms with Crippen molar-refractivity contribution in [2.24, 2.45) is 11.7 Å². The van der Waals surface area contributed by atoms with Crippen molar-refractivity contribution in [2.45, 2.75) is 51.2 Å². The van der Waals surface area contributed by atoms with Gasteiger partial charge in [-0.15, -0.1) is 0 Å². The van der Waals surface area contributed by atoms with Gasteiger partial charge in [0.2, 0.25) is 11.8 Å². The first-order chi connectivity index (χ1) is 13.2. The number of hydrogen-bond donors (Lipinski definition) is 4. The Bertz CT molecular complexity index is 640. The molecule has 0 aliphatic heterocycles. The number of nitrogens with two attached hydrogens (primary N) is 1.